The zero-order valence-corrected chi connectivity index (χ0v) is 8.89. The van der Waals surface area contributed by atoms with Crippen LogP contribution in [0.4, 0.5) is 0 Å². The van der Waals surface area contributed by atoms with Crippen molar-refractivity contribution in [3.8, 4) is 0 Å². The van der Waals surface area contributed by atoms with E-state index in [9.17, 15) is 5.11 Å². The summed E-state index contributed by atoms with van der Waals surface area (Å²) < 4.78 is 1.58. The van der Waals surface area contributed by atoms with Crippen molar-refractivity contribution in [3.05, 3.63) is 16.9 Å². The number of alkyl halides is 1. The second-order valence-corrected chi connectivity index (χ2v) is 3.63. The molecule has 0 aliphatic carbocycles. The van der Waals surface area contributed by atoms with Gasteiger partial charge in [0.1, 0.15) is 0 Å². The van der Waals surface area contributed by atoms with Crippen LogP contribution in [0.3, 0.4) is 0 Å². The van der Waals surface area contributed by atoms with Gasteiger partial charge in [-0.05, 0) is 12.8 Å². The first-order valence-electron chi connectivity index (χ1n) is 4.08. The van der Waals surface area contributed by atoms with Crippen LogP contribution in [0.15, 0.2) is 6.20 Å². The number of aliphatic hydroxyl groups is 1. The number of aliphatic hydroxyl groups excluding tert-OH is 1. The minimum Gasteiger partial charge on any atom is -0.387 e. The molecule has 1 atom stereocenters. The number of halogens is 2. The number of aryl methyl sites for hydroxylation is 1. The summed E-state index contributed by atoms with van der Waals surface area (Å²) in [5.41, 5.74) is 0.659. The molecule has 0 aliphatic rings. The normalized spacial score (nSPS) is 13.2. The zero-order chi connectivity index (χ0) is 9.84. The van der Waals surface area contributed by atoms with Gasteiger partial charge in [0.15, 0.2) is 0 Å². The van der Waals surface area contributed by atoms with Crippen LogP contribution in [-0.4, -0.2) is 20.8 Å². The molecule has 0 amide bonds. The Morgan fingerprint density at radius 1 is 1.69 bits per heavy atom. The molecule has 5 heteroatoms. The van der Waals surface area contributed by atoms with Gasteiger partial charge in [0.25, 0.3) is 0 Å². The molecule has 0 spiro atoms. The summed E-state index contributed by atoms with van der Waals surface area (Å²) in [7, 11) is 1.76. The van der Waals surface area contributed by atoms with E-state index in [4.69, 9.17) is 23.2 Å². The van der Waals surface area contributed by atoms with Crippen LogP contribution < -0.4 is 0 Å². The van der Waals surface area contributed by atoms with Gasteiger partial charge in [0.05, 0.1) is 23.0 Å². The van der Waals surface area contributed by atoms with Gasteiger partial charge in [-0.1, -0.05) is 11.6 Å². The minimum atomic E-state index is -0.571. The lowest BCUT2D eigenvalue weighted by molar-refractivity contribution is 0.157. The van der Waals surface area contributed by atoms with Gasteiger partial charge in [-0.2, -0.15) is 5.10 Å². The summed E-state index contributed by atoms with van der Waals surface area (Å²) in [5, 5.41) is 14.1. The topological polar surface area (TPSA) is 38.0 Å². The SMILES string of the molecule is Cn1ncc(Cl)c1C(O)CCCCl. The van der Waals surface area contributed by atoms with E-state index in [1.807, 2.05) is 0 Å². The first kappa shape index (κ1) is 10.8. The summed E-state index contributed by atoms with van der Waals surface area (Å²) in [6.07, 6.45) is 2.34. The van der Waals surface area contributed by atoms with Crippen molar-refractivity contribution in [2.45, 2.75) is 18.9 Å². The lowest BCUT2D eigenvalue weighted by atomic mass is 10.1. The molecular weight excluding hydrogens is 211 g/mol. The monoisotopic (exact) mass is 222 g/mol. The van der Waals surface area contributed by atoms with Gasteiger partial charge >= 0.3 is 0 Å². The van der Waals surface area contributed by atoms with E-state index >= 15 is 0 Å². The van der Waals surface area contributed by atoms with Crippen LogP contribution >= 0.6 is 23.2 Å². The highest BCUT2D eigenvalue weighted by molar-refractivity contribution is 6.31. The van der Waals surface area contributed by atoms with E-state index in [2.05, 4.69) is 5.10 Å². The largest absolute Gasteiger partial charge is 0.387 e. The van der Waals surface area contributed by atoms with Crippen LogP contribution in [0.25, 0.3) is 0 Å². The Bertz CT molecular complexity index is 256. The third kappa shape index (κ3) is 2.59. The Kier molecular flexibility index (Phi) is 4.03. The fourth-order valence-corrected chi connectivity index (χ4v) is 1.65. The molecule has 1 aromatic rings. The third-order valence-corrected chi connectivity index (χ3v) is 2.42. The van der Waals surface area contributed by atoms with Gasteiger partial charge < -0.3 is 5.11 Å². The van der Waals surface area contributed by atoms with E-state index in [1.54, 1.807) is 11.7 Å². The first-order valence-corrected chi connectivity index (χ1v) is 4.99. The molecule has 1 heterocycles. The predicted octanol–water partition coefficient (Wildman–Crippen LogP) is 2.13. The maximum absolute atomic E-state index is 9.70. The van der Waals surface area contributed by atoms with Crippen LogP contribution in [0.2, 0.25) is 5.02 Å². The van der Waals surface area contributed by atoms with E-state index in [0.29, 0.717) is 23.0 Å². The Morgan fingerprint density at radius 2 is 2.38 bits per heavy atom. The van der Waals surface area contributed by atoms with Crippen molar-refractivity contribution >= 4 is 23.2 Å². The van der Waals surface area contributed by atoms with Gasteiger partial charge in [0, 0.05) is 12.9 Å². The molecule has 0 bridgehead atoms. The molecule has 0 aromatic carbocycles. The molecule has 1 aromatic heterocycles. The maximum Gasteiger partial charge on any atom is 0.0972 e. The standard InChI is InChI=1S/C8H12Cl2N2O/c1-12-8(6(10)5-11-12)7(13)3-2-4-9/h5,7,13H,2-4H2,1H3. The summed E-state index contributed by atoms with van der Waals surface area (Å²) in [6, 6.07) is 0. The molecule has 13 heavy (non-hydrogen) atoms. The van der Waals surface area contributed by atoms with Crippen LogP contribution in [0, 0.1) is 0 Å². The van der Waals surface area contributed by atoms with E-state index in [0.717, 1.165) is 6.42 Å². The average molecular weight is 223 g/mol. The zero-order valence-electron chi connectivity index (χ0n) is 7.37. The molecule has 1 unspecified atom stereocenters. The second-order valence-electron chi connectivity index (χ2n) is 2.85. The molecule has 0 saturated heterocycles. The molecule has 74 valence electrons. The Balaban J connectivity index is 2.69. The van der Waals surface area contributed by atoms with Crippen molar-refractivity contribution in [3.63, 3.8) is 0 Å². The lowest BCUT2D eigenvalue weighted by Gasteiger charge is -2.10. The van der Waals surface area contributed by atoms with Crippen LogP contribution in [0.5, 0.6) is 0 Å². The highest BCUT2D eigenvalue weighted by Gasteiger charge is 2.15. The van der Waals surface area contributed by atoms with Crippen LogP contribution in [0.1, 0.15) is 24.6 Å². The molecule has 1 rings (SSSR count). The molecule has 1 N–H and O–H groups in total. The van der Waals surface area contributed by atoms with Crippen molar-refractivity contribution in [1.29, 1.82) is 0 Å². The van der Waals surface area contributed by atoms with Crippen molar-refractivity contribution in [1.82, 2.24) is 9.78 Å². The molecule has 0 radical (unpaired) electrons. The van der Waals surface area contributed by atoms with Gasteiger partial charge in [0.2, 0.25) is 0 Å². The third-order valence-electron chi connectivity index (χ3n) is 1.86. The molecule has 0 fully saturated rings. The van der Waals surface area contributed by atoms with Gasteiger partial charge in [-0.25, -0.2) is 0 Å². The number of hydrogen-bond donors (Lipinski definition) is 1. The Morgan fingerprint density at radius 3 is 2.85 bits per heavy atom. The van der Waals surface area contributed by atoms with E-state index < -0.39 is 6.10 Å². The first-order chi connectivity index (χ1) is 6.16. The number of hydrogen-bond acceptors (Lipinski definition) is 2. The second kappa shape index (κ2) is 4.84. The summed E-state index contributed by atoms with van der Waals surface area (Å²) >= 11 is 11.4. The Labute approximate surface area is 87.3 Å². The summed E-state index contributed by atoms with van der Waals surface area (Å²) in [5.74, 6) is 0.548. The highest BCUT2D eigenvalue weighted by atomic mass is 35.5. The smallest absolute Gasteiger partial charge is 0.0972 e. The van der Waals surface area contributed by atoms with Crippen molar-refractivity contribution in [2.24, 2.45) is 7.05 Å². The quantitative estimate of drug-likeness (QED) is 0.794. The maximum atomic E-state index is 9.70. The highest BCUT2D eigenvalue weighted by Crippen LogP contribution is 2.25. The fraction of sp³-hybridized carbons (Fsp3) is 0.625. The molecule has 0 saturated carbocycles. The Hall–Kier alpha value is -0.250. The van der Waals surface area contributed by atoms with E-state index in [1.165, 1.54) is 6.20 Å². The van der Waals surface area contributed by atoms with Crippen LogP contribution in [-0.2, 0) is 7.05 Å². The van der Waals surface area contributed by atoms with Crippen molar-refractivity contribution < 1.29 is 5.11 Å². The van der Waals surface area contributed by atoms with Gasteiger partial charge in [-0.15, -0.1) is 11.6 Å². The number of aromatic nitrogens is 2. The molecule has 3 nitrogen and oxygen atoms in total. The summed E-state index contributed by atoms with van der Waals surface area (Å²) in [6.45, 7) is 0. The number of rotatable bonds is 4. The average Bonchev–Trinajstić information content (AvgIpc) is 2.42. The minimum absolute atomic E-state index is 0.504. The van der Waals surface area contributed by atoms with E-state index in [-0.39, 0.29) is 0 Å². The predicted molar refractivity (Wildman–Crippen MR) is 53.1 cm³/mol. The van der Waals surface area contributed by atoms with Crippen molar-refractivity contribution in [2.75, 3.05) is 5.88 Å². The lowest BCUT2D eigenvalue weighted by Crippen LogP contribution is -2.06. The van der Waals surface area contributed by atoms with Gasteiger partial charge in [-0.3, -0.25) is 4.68 Å². The summed E-state index contributed by atoms with van der Waals surface area (Å²) in [4.78, 5) is 0. The molecular formula is C8H12Cl2N2O. The molecule has 0 aliphatic heterocycles. The fourth-order valence-electron chi connectivity index (χ4n) is 1.20. The number of nitrogens with zero attached hydrogens (tertiary/aromatic N) is 2.